The van der Waals surface area contributed by atoms with Gasteiger partial charge in [0.15, 0.2) is 5.84 Å². The van der Waals surface area contributed by atoms with Crippen molar-refractivity contribution in [3.63, 3.8) is 0 Å². The highest BCUT2D eigenvalue weighted by Gasteiger charge is 2.15. The Kier molecular flexibility index (Phi) is 4.69. The summed E-state index contributed by atoms with van der Waals surface area (Å²) in [6, 6.07) is -0.0673. The fourth-order valence-corrected chi connectivity index (χ4v) is 1.51. The smallest absolute Gasteiger partial charge is 0.156 e. The number of hydrogen-bond acceptors (Lipinski definition) is 4. The third kappa shape index (κ3) is 3.51. The molecular formula is C9H19N3O2. The number of nitrogens with zero attached hydrogens (tertiary/aromatic N) is 1. The van der Waals surface area contributed by atoms with Gasteiger partial charge in [0, 0.05) is 13.2 Å². The molecule has 1 aliphatic heterocycles. The molecule has 0 spiro atoms. The summed E-state index contributed by atoms with van der Waals surface area (Å²) in [6.45, 7) is 4.52. The summed E-state index contributed by atoms with van der Waals surface area (Å²) in [5.74, 6) is 0.898. The first-order valence-electron chi connectivity index (χ1n) is 5.02. The Morgan fingerprint density at radius 3 is 3.14 bits per heavy atom. The third-order valence-corrected chi connectivity index (χ3v) is 2.59. The lowest BCUT2D eigenvalue weighted by atomic mass is 10.1. The fourth-order valence-electron chi connectivity index (χ4n) is 1.51. The molecule has 0 aromatic rings. The molecule has 1 rings (SSSR count). The van der Waals surface area contributed by atoms with E-state index in [4.69, 9.17) is 15.7 Å². The second-order valence-corrected chi connectivity index (χ2v) is 3.72. The third-order valence-electron chi connectivity index (χ3n) is 2.59. The minimum Gasteiger partial charge on any atom is -0.409 e. The molecule has 4 N–H and O–H groups in total. The summed E-state index contributed by atoms with van der Waals surface area (Å²) in [5, 5.41) is 14.6. The Morgan fingerprint density at radius 2 is 2.57 bits per heavy atom. The largest absolute Gasteiger partial charge is 0.409 e. The molecule has 1 saturated heterocycles. The van der Waals surface area contributed by atoms with Gasteiger partial charge in [0.25, 0.3) is 0 Å². The van der Waals surface area contributed by atoms with E-state index in [1.54, 1.807) is 0 Å². The molecule has 14 heavy (non-hydrogen) atoms. The zero-order valence-corrected chi connectivity index (χ0v) is 8.57. The molecule has 0 aromatic carbocycles. The Bertz CT molecular complexity index is 190. The van der Waals surface area contributed by atoms with Crippen molar-refractivity contribution in [3.8, 4) is 0 Å². The first-order valence-corrected chi connectivity index (χ1v) is 5.02. The zero-order chi connectivity index (χ0) is 10.4. The van der Waals surface area contributed by atoms with Crippen molar-refractivity contribution in [3.05, 3.63) is 0 Å². The van der Waals surface area contributed by atoms with Crippen LogP contribution in [-0.4, -0.2) is 36.8 Å². The van der Waals surface area contributed by atoms with Gasteiger partial charge in [-0.15, -0.1) is 0 Å². The van der Waals surface area contributed by atoms with E-state index in [2.05, 4.69) is 10.5 Å². The fraction of sp³-hybridized carbons (Fsp3) is 0.889. The average molecular weight is 201 g/mol. The van der Waals surface area contributed by atoms with Gasteiger partial charge in [-0.3, -0.25) is 0 Å². The number of amidine groups is 1. The van der Waals surface area contributed by atoms with Gasteiger partial charge >= 0.3 is 0 Å². The molecule has 2 unspecified atom stereocenters. The van der Waals surface area contributed by atoms with Crippen molar-refractivity contribution in [2.75, 3.05) is 19.8 Å². The molecule has 0 saturated carbocycles. The van der Waals surface area contributed by atoms with E-state index in [9.17, 15) is 0 Å². The van der Waals surface area contributed by atoms with Crippen molar-refractivity contribution in [1.29, 1.82) is 0 Å². The SMILES string of the molecule is CC(NCCC1CCOC1)C(N)=NO. The van der Waals surface area contributed by atoms with Crippen LogP contribution < -0.4 is 11.1 Å². The summed E-state index contributed by atoms with van der Waals surface area (Å²) < 4.78 is 5.27. The topological polar surface area (TPSA) is 79.9 Å². The summed E-state index contributed by atoms with van der Waals surface area (Å²) in [6.07, 6.45) is 2.24. The predicted octanol–water partition coefficient (Wildman–Crippen LogP) is 0.138. The predicted molar refractivity (Wildman–Crippen MR) is 54.4 cm³/mol. The van der Waals surface area contributed by atoms with E-state index in [1.807, 2.05) is 6.92 Å². The number of rotatable bonds is 5. The van der Waals surface area contributed by atoms with Crippen LogP contribution in [-0.2, 0) is 4.74 Å². The van der Waals surface area contributed by atoms with E-state index in [-0.39, 0.29) is 11.9 Å². The Labute approximate surface area is 84.3 Å². The zero-order valence-electron chi connectivity index (χ0n) is 8.57. The van der Waals surface area contributed by atoms with Crippen molar-refractivity contribution in [1.82, 2.24) is 5.32 Å². The lowest BCUT2D eigenvalue weighted by Crippen LogP contribution is -2.39. The average Bonchev–Trinajstić information content (AvgIpc) is 2.69. The Hall–Kier alpha value is -0.810. The van der Waals surface area contributed by atoms with Crippen molar-refractivity contribution < 1.29 is 9.94 Å². The molecule has 0 aromatic heterocycles. The molecule has 1 fully saturated rings. The second kappa shape index (κ2) is 5.82. The highest BCUT2D eigenvalue weighted by atomic mass is 16.5. The molecule has 0 radical (unpaired) electrons. The number of nitrogens with two attached hydrogens (primary N) is 1. The lowest BCUT2D eigenvalue weighted by molar-refractivity contribution is 0.184. The molecule has 82 valence electrons. The molecule has 2 atom stereocenters. The first kappa shape index (κ1) is 11.3. The van der Waals surface area contributed by atoms with Gasteiger partial charge in [0.2, 0.25) is 0 Å². The molecule has 5 heteroatoms. The van der Waals surface area contributed by atoms with Gasteiger partial charge in [0.1, 0.15) is 0 Å². The minimum absolute atomic E-state index is 0.0673. The summed E-state index contributed by atoms with van der Waals surface area (Å²) >= 11 is 0. The lowest BCUT2D eigenvalue weighted by Gasteiger charge is -2.13. The molecule has 0 amide bonds. The Morgan fingerprint density at radius 1 is 1.79 bits per heavy atom. The van der Waals surface area contributed by atoms with Gasteiger partial charge in [-0.1, -0.05) is 5.16 Å². The molecular weight excluding hydrogens is 182 g/mol. The normalized spacial score (nSPS) is 25.2. The number of ether oxygens (including phenoxy) is 1. The van der Waals surface area contributed by atoms with Crippen LogP contribution in [0.1, 0.15) is 19.8 Å². The molecule has 5 nitrogen and oxygen atoms in total. The highest BCUT2D eigenvalue weighted by molar-refractivity contribution is 5.84. The molecule has 1 heterocycles. The number of hydrogen-bond donors (Lipinski definition) is 3. The molecule has 0 bridgehead atoms. The van der Waals surface area contributed by atoms with E-state index < -0.39 is 0 Å². The maximum absolute atomic E-state index is 8.42. The summed E-state index contributed by atoms with van der Waals surface area (Å²) in [7, 11) is 0. The maximum Gasteiger partial charge on any atom is 0.156 e. The van der Waals surface area contributed by atoms with Crippen LogP contribution in [0.5, 0.6) is 0 Å². The van der Waals surface area contributed by atoms with Crippen LogP contribution in [0.4, 0.5) is 0 Å². The highest BCUT2D eigenvalue weighted by Crippen LogP contribution is 2.15. The maximum atomic E-state index is 8.42. The Balaban J connectivity index is 2.08. The molecule has 1 aliphatic rings. The van der Waals surface area contributed by atoms with Crippen LogP contribution in [0.2, 0.25) is 0 Å². The quantitative estimate of drug-likeness (QED) is 0.256. The van der Waals surface area contributed by atoms with E-state index in [1.165, 1.54) is 0 Å². The van der Waals surface area contributed by atoms with Gasteiger partial charge in [0.05, 0.1) is 6.04 Å². The van der Waals surface area contributed by atoms with Crippen LogP contribution in [0.3, 0.4) is 0 Å². The number of nitrogens with one attached hydrogen (secondary N) is 1. The van der Waals surface area contributed by atoms with E-state index >= 15 is 0 Å². The molecule has 0 aliphatic carbocycles. The monoisotopic (exact) mass is 201 g/mol. The summed E-state index contributed by atoms with van der Waals surface area (Å²) in [4.78, 5) is 0. The first-order chi connectivity index (χ1) is 6.74. The van der Waals surface area contributed by atoms with Crippen LogP contribution in [0.15, 0.2) is 5.16 Å². The van der Waals surface area contributed by atoms with Gasteiger partial charge in [-0.25, -0.2) is 0 Å². The standard InChI is InChI=1S/C9H19N3O2/c1-7(9(10)12-13)11-4-2-8-3-5-14-6-8/h7-8,11,13H,2-6H2,1H3,(H2,10,12). The van der Waals surface area contributed by atoms with Gasteiger partial charge < -0.3 is 21.0 Å². The second-order valence-electron chi connectivity index (χ2n) is 3.72. The van der Waals surface area contributed by atoms with E-state index in [0.29, 0.717) is 5.92 Å². The van der Waals surface area contributed by atoms with Crippen LogP contribution in [0.25, 0.3) is 0 Å². The summed E-state index contributed by atoms with van der Waals surface area (Å²) in [5.41, 5.74) is 5.42. The van der Waals surface area contributed by atoms with Crippen LogP contribution >= 0.6 is 0 Å². The van der Waals surface area contributed by atoms with Crippen molar-refractivity contribution >= 4 is 5.84 Å². The van der Waals surface area contributed by atoms with E-state index in [0.717, 1.165) is 32.6 Å². The van der Waals surface area contributed by atoms with Gasteiger partial charge in [-0.05, 0) is 32.2 Å². The number of oxime groups is 1. The van der Waals surface area contributed by atoms with Crippen LogP contribution in [0, 0.1) is 5.92 Å². The van der Waals surface area contributed by atoms with Gasteiger partial charge in [-0.2, -0.15) is 0 Å². The van der Waals surface area contributed by atoms with Crippen molar-refractivity contribution in [2.45, 2.75) is 25.8 Å². The van der Waals surface area contributed by atoms with Crippen molar-refractivity contribution in [2.24, 2.45) is 16.8 Å². The minimum atomic E-state index is -0.0673.